The molecule has 0 aliphatic heterocycles. The minimum absolute atomic E-state index is 0.265. The fourth-order valence-electron chi connectivity index (χ4n) is 2.14. The van der Waals surface area contributed by atoms with E-state index in [9.17, 15) is 9.59 Å². The zero-order valence-electron chi connectivity index (χ0n) is 13.0. The summed E-state index contributed by atoms with van der Waals surface area (Å²) in [5, 5.41) is 8.91. The van der Waals surface area contributed by atoms with Crippen LogP contribution in [0.5, 0.6) is 0 Å². The van der Waals surface area contributed by atoms with Gasteiger partial charge in [0.25, 0.3) is 0 Å². The normalized spacial score (nSPS) is 10.3. The quantitative estimate of drug-likeness (QED) is 0.801. The van der Waals surface area contributed by atoms with Gasteiger partial charge in [0.2, 0.25) is 0 Å². The van der Waals surface area contributed by atoms with Crippen molar-refractivity contribution < 1.29 is 19.4 Å². The van der Waals surface area contributed by atoms with Crippen molar-refractivity contribution in [1.29, 1.82) is 0 Å². The van der Waals surface area contributed by atoms with Gasteiger partial charge in [-0.05, 0) is 61.4 Å². The molecule has 0 unspecified atom stereocenters. The van der Waals surface area contributed by atoms with Gasteiger partial charge in [-0.1, -0.05) is 18.7 Å². The Labute approximate surface area is 139 Å². The number of carboxylic acids is 1. The van der Waals surface area contributed by atoms with Crippen molar-refractivity contribution in [2.45, 2.75) is 30.1 Å². The van der Waals surface area contributed by atoms with Crippen molar-refractivity contribution >= 4 is 23.7 Å². The van der Waals surface area contributed by atoms with Crippen LogP contribution in [-0.2, 0) is 11.2 Å². The summed E-state index contributed by atoms with van der Waals surface area (Å²) in [4.78, 5) is 24.7. The summed E-state index contributed by atoms with van der Waals surface area (Å²) >= 11 is 1.53. The van der Waals surface area contributed by atoms with Gasteiger partial charge in [0.1, 0.15) is 0 Å². The molecular formula is C18H18O4S. The number of aryl methyl sites for hydroxylation is 1. The SMILES string of the molecule is CCOC(=O)c1ccc(Sc2ccc(C(=O)O)cc2)cc1CC. The Balaban J connectivity index is 2.20. The summed E-state index contributed by atoms with van der Waals surface area (Å²) in [6, 6.07) is 12.3. The van der Waals surface area contributed by atoms with E-state index in [1.54, 1.807) is 37.3 Å². The molecule has 23 heavy (non-hydrogen) atoms. The second kappa shape index (κ2) is 7.83. The lowest BCUT2D eigenvalue weighted by molar-refractivity contribution is 0.0524. The molecule has 120 valence electrons. The van der Waals surface area contributed by atoms with Crippen molar-refractivity contribution in [2.24, 2.45) is 0 Å². The Bertz CT molecular complexity index is 707. The second-order valence-electron chi connectivity index (χ2n) is 4.82. The molecule has 0 fully saturated rings. The van der Waals surface area contributed by atoms with Crippen LogP contribution in [0.2, 0.25) is 0 Å². The Morgan fingerprint density at radius 3 is 2.26 bits per heavy atom. The lowest BCUT2D eigenvalue weighted by atomic mass is 10.1. The first-order valence-electron chi connectivity index (χ1n) is 7.36. The minimum atomic E-state index is -0.936. The number of aromatic carboxylic acids is 1. The van der Waals surface area contributed by atoms with Crippen LogP contribution in [0.4, 0.5) is 0 Å². The van der Waals surface area contributed by atoms with Gasteiger partial charge < -0.3 is 9.84 Å². The highest BCUT2D eigenvalue weighted by Crippen LogP contribution is 2.30. The molecule has 5 heteroatoms. The van der Waals surface area contributed by atoms with Crippen LogP contribution in [0.15, 0.2) is 52.3 Å². The molecule has 0 aliphatic rings. The molecule has 1 N–H and O–H groups in total. The van der Waals surface area contributed by atoms with E-state index in [1.807, 2.05) is 19.1 Å². The maximum atomic E-state index is 11.9. The highest BCUT2D eigenvalue weighted by atomic mass is 32.2. The maximum Gasteiger partial charge on any atom is 0.338 e. The fraction of sp³-hybridized carbons (Fsp3) is 0.222. The molecule has 2 aromatic carbocycles. The molecule has 0 saturated heterocycles. The molecule has 2 aromatic rings. The van der Waals surface area contributed by atoms with E-state index < -0.39 is 5.97 Å². The summed E-state index contributed by atoms with van der Waals surface area (Å²) in [5.74, 6) is -1.24. The molecule has 4 nitrogen and oxygen atoms in total. The van der Waals surface area contributed by atoms with E-state index in [0.29, 0.717) is 12.2 Å². The maximum absolute atomic E-state index is 11.9. The van der Waals surface area contributed by atoms with Crippen LogP contribution in [0, 0.1) is 0 Å². The predicted molar refractivity (Wildman–Crippen MR) is 89.3 cm³/mol. The van der Waals surface area contributed by atoms with Crippen LogP contribution in [0.3, 0.4) is 0 Å². The third kappa shape index (κ3) is 4.36. The van der Waals surface area contributed by atoms with Crippen molar-refractivity contribution in [3.8, 4) is 0 Å². The third-order valence-electron chi connectivity index (χ3n) is 3.29. The Morgan fingerprint density at radius 1 is 1.04 bits per heavy atom. The molecule has 0 saturated carbocycles. The standard InChI is InChI=1S/C18H18O4S/c1-3-12-11-15(9-10-16(12)18(21)22-4-2)23-14-7-5-13(6-8-14)17(19)20/h5-11H,3-4H2,1-2H3,(H,19,20). The number of rotatable bonds is 6. The van der Waals surface area contributed by atoms with Crippen molar-refractivity contribution in [3.63, 3.8) is 0 Å². The molecule has 0 heterocycles. The van der Waals surface area contributed by atoms with Crippen LogP contribution in [0.25, 0.3) is 0 Å². The molecule has 0 atom stereocenters. The smallest absolute Gasteiger partial charge is 0.338 e. The zero-order valence-corrected chi connectivity index (χ0v) is 13.9. The van der Waals surface area contributed by atoms with Gasteiger partial charge in [-0.2, -0.15) is 0 Å². The number of esters is 1. The highest BCUT2D eigenvalue weighted by Gasteiger charge is 2.12. The molecular weight excluding hydrogens is 312 g/mol. The van der Waals surface area contributed by atoms with Gasteiger partial charge in [-0.25, -0.2) is 9.59 Å². The molecule has 0 bridgehead atoms. The Hall–Kier alpha value is -2.27. The van der Waals surface area contributed by atoms with Gasteiger partial charge in [0, 0.05) is 9.79 Å². The number of carbonyl (C=O) groups is 2. The fourth-order valence-corrected chi connectivity index (χ4v) is 3.02. The average molecular weight is 330 g/mol. The Morgan fingerprint density at radius 2 is 1.70 bits per heavy atom. The van der Waals surface area contributed by atoms with Gasteiger partial charge in [0.05, 0.1) is 17.7 Å². The first kappa shape index (κ1) is 17.1. The summed E-state index contributed by atoms with van der Waals surface area (Å²) in [7, 11) is 0. The average Bonchev–Trinajstić information content (AvgIpc) is 2.55. The summed E-state index contributed by atoms with van der Waals surface area (Å²) in [6.07, 6.45) is 0.737. The van der Waals surface area contributed by atoms with Gasteiger partial charge in [-0.15, -0.1) is 0 Å². The number of ether oxygens (including phenoxy) is 1. The molecule has 2 rings (SSSR count). The van der Waals surface area contributed by atoms with E-state index in [1.165, 1.54) is 11.8 Å². The van der Waals surface area contributed by atoms with Crippen LogP contribution in [0.1, 0.15) is 40.1 Å². The molecule has 0 aromatic heterocycles. The number of hydrogen-bond acceptors (Lipinski definition) is 4. The number of carbonyl (C=O) groups excluding carboxylic acids is 1. The van der Waals surface area contributed by atoms with Crippen molar-refractivity contribution in [3.05, 3.63) is 59.2 Å². The van der Waals surface area contributed by atoms with Crippen LogP contribution >= 0.6 is 11.8 Å². The van der Waals surface area contributed by atoms with Crippen LogP contribution in [-0.4, -0.2) is 23.7 Å². The lowest BCUT2D eigenvalue weighted by Crippen LogP contribution is -2.07. The van der Waals surface area contributed by atoms with E-state index in [4.69, 9.17) is 9.84 Å². The molecule has 0 amide bonds. The topological polar surface area (TPSA) is 63.6 Å². The predicted octanol–water partition coefficient (Wildman–Crippen LogP) is 4.28. The number of benzene rings is 2. The molecule has 0 radical (unpaired) electrons. The zero-order chi connectivity index (χ0) is 16.8. The van der Waals surface area contributed by atoms with E-state index >= 15 is 0 Å². The van der Waals surface area contributed by atoms with Crippen LogP contribution < -0.4 is 0 Å². The summed E-state index contributed by atoms with van der Waals surface area (Å²) in [5.41, 5.74) is 1.80. The van der Waals surface area contributed by atoms with Gasteiger partial charge >= 0.3 is 11.9 Å². The highest BCUT2D eigenvalue weighted by molar-refractivity contribution is 7.99. The largest absolute Gasteiger partial charge is 0.478 e. The van der Waals surface area contributed by atoms with E-state index in [2.05, 4.69) is 0 Å². The van der Waals surface area contributed by atoms with Gasteiger partial charge in [-0.3, -0.25) is 0 Å². The van der Waals surface area contributed by atoms with Crippen molar-refractivity contribution in [2.75, 3.05) is 6.61 Å². The van der Waals surface area contributed by atoms with Gasteiger partial charge in [0.15, 0.2) is 0 Å². The monoisotopic (exact) mass is 330 g/mol. The summed E-state index contributed by atoms with van der Waals surface area (Å²) < 4.78 is 5.06. The molecule has 0 spiro atoms. The first-order chi connectivity index (χ1) is 11.0. The second-order valence-corrected chi connectivity index (χ2v) is 5.97. The lowest BCUT2D eigenvalue weighted by Gasteiger charge is -2.10. The molecule has 0 aliphatic carbocycles. The first-order valence-corrected chi connectivity index (χ1v) is 8.18. The minimum Gasteiger partial charge on any atom is -0.478 e. The number of carboxylic acid groups (broad SMARTS) is 1. The number of hydrogen-bond donors (Lipinski definition) is 1. The van der Waals surface area contributed by atoms with E-state index in [0.717, 1.165) is 21.8 Å². The Kier molecular flexibility index (Phi) is 5.82. The van der Waals surface area contributed by atoms with E-state index in [-0.39, 0.29) is 11.5 Å². The third-order valence-corrected chi connectivity index (χ3v) is 4.29. The summed E-state index contributed by atoms with van der Waals surface area (Å²) in [6.45, 7) is 4.14. The van der Waals surface area contributed by atoms with Crippen molar-refractivity contribution in [1.82, 2.24) is 0 Å².